The topological polar surface area (TPSA) is 29.9 Å². The summed E-state index contributed by atoms with van der Waals surface area (Å²) in [6, 6.07) is 0. The lowest BCUT2D eigenvalue weighted by molar-refractivity contribution is 0.561. The molecule has 0 saturated carbocycles. The molecule has 2 unspecified atom stereocenters. The summed E-state index contributed by atoms with van der Waals surface area (Å²) < 4.78 is 2.27. The van der Waals surface area contributed by atoms with Crippen LogP contribution in [0.1, 0.15) is 37.8 Å². The van der Waals surface area contributed by atoms with E-state index in [-0.39, 0.29) is 0 Å². The van der Waals surface area contributed by atoms with E-state index in [0.717, 1.165) is 24.8 Å². The fourth-order valence-corrected chi connectivity index (χ4v) is 3.19. The smallest absolute Gasteiger partial charge is 0.0960 e. The minimum Gasteiger partial charge on any atom is -0.332 e. The molecule has 1 fully saturated rings. The van der Waals surface area contributed by atoms with E-state index in [1.165, 1.54) is 12.1 Å². The van der Waals surface area contributed by atoms with Crippen molar-refractivity contribution in [1.82, 2.24) is 14.9 Å². The van der Waals surface area contributed by atoms with Crippen LogP contribution in [0.5, 0.6) is 0 Å². The van der Waals surface area contributed by atoms with Gasteiger partial charge in [-0.2, -0.15) is 0 Å². The second-order valence-corrected chi connectivity index (χ2v) is 5.63. The first kappa shape index (κ1) is 11.0. The molecule has 0 aliphatic carbocycles. The lowest BCUT2D eigenvalue weighted by Gasteiger charge is -2.28. The van der Waals surface area contributed by atoms with Gasteiger partial charge in [0.15, 0.2) is 0 Å². The van der Waals surface area contributed by atoms with Crippen LogP contribution in [0.2, 0.25) is 0 Å². The number of nitrogens with zero attached hydrogens (tertiary/aromatic N) is 2. The van der Waals surface area contributed by atoms with E-state index in [9.17, 15) is 0 Å². The highest BCUT2D eigenvalue weighted by Gasteiger charge is 2.22. The van der Waals surface area contributed by atoms with E-state index < -0.39 is 0 Å². The van der Waals surface area contributed by atoms with Gasteiger partial charge in [-0.3, -0.25) is 0 Å². The molecular formula is C11H19N3S. The van der Waals surface area contributed by atoms with Crippen LogP contribution in [0.15, 0.2) is 12.5 Å². The van der Waals surface area contributed by atoms with Crippen molar-refractivity contribution in [3.63, 3.8) is 0 Å². The predicted octanol–water partition coefficient (Wildman–Crippen LogP) is 2.41. The van der Waals surface area contributed by atoms with Crippen molar-refractivity contribution in [3.05, 3.63) is 18.2 Å². The van der Waals surface area contributed by atoms with Crippen molar-refractivity contribution in [3.8, 4) is 0 Å². The molecule has 4 heteroatoms. The van der Waals surface area contributed by atoms with E-state index in [2.05, 4.69) is 28.7 Å². The first-order chi connectivity index (χ1) is 7.31. The third-order valence-corrected chi connectivity index (χ3v) is 4.11. The second-order valence-electron chi connectivity index (χ2n) is 4.08. The van der Waals surface area contributed by atoms with E-state index in [1.807, 2.05) is 24.3 Å². The number of aromatic nitrogens is 2. The van der Waals surface area contributed by atoms with E-state index in [0.29, 0.717) is 5.37 Å². The fourth-order valence-electron chi connectivity index (χ4n) is 1.92. The first-order valence-corrected chi connectivity index (χ1v) is 6.64. The zero-order chi connectivity index (χ0) is 10.7. The zero-order valence-corrected chi connectivity index (χ0v) is 10.3. The van der Waals surface area contributed by atoms with Crippen LogP contribution in [-0.2, 0) is 6.54 Å². The van der Waals surface area contributed by atoms with Crippen LogP contribution < -0.4 is 5.32 Å². The summed E-state index contributed by atoms with van der Waals surface area (Å²) in [5.74, 6) is 0. The Kier molecular flexibility index (Phi) is 3.70. The number of hydrogen-bond acceptors (Lipinski definition) is 3. The summed E-state index contributed by atoms with van der Waals surface area (Å²) in [5, 5.41) is 4.74. The van der Waals surface area contributed by atoms with Gasteiger partial charge in [0.05, 0.1) is 23.6 Å². The van der Waals surface area contributed by atoms with Gasteiger partial charge in [0.1, 0.15) is 0 Å². The van der Waals surface area contributed by atoms with Crippen LogP contribution >= 0.6 is 11.8 Å². The van der Waals surface area contributed by atoms with Gasteiger partial charge in [-0.1, -0.05) is 13.8 Å². The summed E-state index contributed by atoms with van der Waals surface area (Å²) in [5.41, 5.74) is 1.33. The highest BCUT2D eigenvalue weighted by atomic mass is 32.2. The summed E-state index contributed by atoms with van der Waals surface area (Å²) in [7, 11) is 0. The summed E-state index contributed by atoms with van der Waals surface area (Å²) in [6.07, 6.45) is 6.37. The van der Waals surface area contributed by atoms with E-state index in [1.54, 1.807) is 0 Å². The summed E-state index contributed by atoms with van der Waals surface area (Å²) in [4.78, 5) is 4.25. The number of imidazole rings is 1. The molecule has 1 aromatic heterocycles. The Morgan fingerprint density at radius 2 is 2.53 bits per heavy atom. The van der Waals surface area contributed by atoms with Crippen LogP contribution in [0.25, 0.3) is 0 Å². The van der Waals surface area contributed by atoms with Gasteiger partial charge >= 0.3 is 0 Å². The number of aryl methyl sites for hydroxylation is 1. The highest BCUT2D eigenvalue weighted by Crippen LogP contribution is 2.34. The Morgan fingerprint density at radius 1 is 1.67 bits per heavy atom. The molecule has 2 rings (SSSR count). The summed E-state index contributed by atoms with van der Waals surface area (Å²) in [6.45, 7) is 6.70. The Bertz CT molecular complexity index is 311. The molecule has 1 saturated heterocycles. The molecule has 1 aromatic rings. The molecule has 3 nitrogen and oxygen atoms in total. The Morgan fingerprint density at radius 3 is 3.27 bits per heavy atom. The van der Waals surface area contributed by atoms with Crippen LogP contribution in [-0.4, -0.2) is 21.3 Å². The predicted molar refractivity (Wildman–Crippen MR) is 64.9 cm³/mol. The van der Waals surface area contributed by atoms with Crippen LogP contribution in [0.3, 0.4) is 0 Å². The lowest BCUT2D eigenvalue weighted by Crippen LogP contribution is -2.30. The molecule has 84 valence electrons. The fraction of sp³-hybridized carbons (Fsp3) is 0.727. The Balaban J connectivity index is 2.10. The number of thioether (sulfide) groups is 1. The molecule has 0 aromatic carbocycles. The highest BCUT2D eigenvalue weighted by molar-refractivity contribution is 8.00. The van der Waals surface area contributed by atoms with Crippen molar-refractivity contribution >= 4 is 11.8 Å². The number of hydrogen-bond donors (Lipinski definition) is 1. The van der Waals surface area contributed by atoms with Crippen molar-refractivity contribution in [2.75, 3.05) is 6.54 Å². The Hall–Kier alpha value is -0.480. The molecule has 15 heavy (non-hydrogen) atoms. The Labute approximate surface area is 95.7 Å². The maximum Gasteiger partial charge on any atom is 0.0960 e. The molecular weight excluding hydrogens is 206 g/mol. The van der Waals surface area contributed by atoms with Gasteiger partial charge in [0.2, 0.25) is 0 Å². The average Bonchev–Trinajstić information content (AvgIpc) is 2.66. The van der Waals surface area contributed by atoms with Gasteiger partial charge in [0, 0.05) is 11.8 Å². The molecule has 1 aliphatic heterocycles. The molecule has 2 heterocycles. The standard InChI is InChI=1S/C11H19N3S/c1-3-6-14-8-12-7-10(14)11-13-5-4-9(2)15-11/h7-9,11,13H,3-6H2,1-2H3. The molecule has 2 atom stereocenters. The number of nitrogens with one attached hydrogen (secondary N) is 1. The average molecular weight is 225 g/mol. The van der Waals surface area contributed by atoms with Gasteiger partial charge < -0.3 is 9.88 Å². The molecule has 1 N–H and O–H groups in total. The van der Waals surface area contributed by atoms with Crippen LogP contribution in [0, 0.1) is 0 Å². The molecule has 1 aliphatic rings. The van der Waals surface area contributed by atoms with Crippen molar-refractivity contribution in [2.45, 2.75) is 43.9 Å². The second kappa shape index (κ2) is 5.03. The monoisotopic (exact) mass is 225 g/mol. The van der Waals surface area contributed by atoms with Crippen molar-refractivity contribution in [1.29, 1.82) is 0 Å². The minimum absolute atomic E-state index is 0.433. The van der Waals surface area contributed by atoms with Gasteiger partial charge in [-0.15, -0.1) is 11.8 Å². The minimum atomic E-state index is 0.433. The first-order valence-electron chi connectivity index (χ1n) is 5.70. The van der Waals surface area contributed by atoms with Gasteiger partial charge in [-0.25, -0.2) is 4.98 Å². The largest absolute Gasteiger partial charge is 0.332 e. The third-order valence-electron chi connectivity index (χ3n) is 2.73. The van der Waals surface area contributed by atoms with Crippen molar-refractivity contribution < 1.29 is 0 Å². The molecule has 0 bridgehead atoms. The molecule has 0 radical (unpaired) electrons. The SMILES string of the molecule is CCCn1cncc1C1NCCC(C)S1. The van der Waals surface area contributed by atoms with Crippen molar-refractivity contribution in [2.24, 2.45) is 0 Å². The number of rotatable bonds is 3. The normalized spacial score (nSPS) is 26.8. The lowest BCUT2D eigenvalue weighted by atomic mass is 10.3. The third kappa shape index (κ3) is 2.55. The van der Waals surface area contributed by atoms with Gasteiger partial charge in [0.25, 0.3) is 0 Å². The quantitative estimate of drug-likeness (QED) is 0.856. The van der Waals surface area contributed by atoms with Gasteiger partial charge in [-0.05, 0) is 19.4 Å². The maximum atomic E-state index is 4.25. The maximum absolute atomic E-state index is 4.25. The summed E-state index contributed by atoms with van der Waals surface area (Å²) >= 11 is 2.01. The van der Waals surface area contributed by atoms with E-state index in [4.69, 9.17) is 0 Å². The molecule has 0 spiro atoms. The van der Waals surface area contributed by atoms with Crippen LogP contribution in [0.4, 0.5) is 0 Å². The van der Waals surface area contributed by atoms with E-state index >= 15 is 0 Å². The zero-order valence-electron chi connectivity index (χ0n) is 9.44. The molecule has 0 amide bonds.